The van der Waals surface area contributed by atoms with Crippen LogP contribution in [0.4, 0.5) is 19.0 Å². The van der Waals surface area contributed by atoms with Gasteiger partial charge in [0.25, 0.3) is 0 Å². The van der Waals surface area contributed by atoms with Crippen molar-refractivity contribution in [3.8, 4) is 12.1 Å². The number of nitrogens with zero attached hydrogens (tertiary/aromatic N) is 7. The third-order valence-electron chi connectivity index (χ3n) is 8.11. The predicted octanol–water partition coefficient (Wildman–Crippen LogP) is 5.21. The molecule has 6 rings (SSSR count). The fourth-order valence-corrected chi connectivity index (χ4v) is 7.00. The highest BCUT2D eigenvalue weighted by Crippen LogP contribution is 2.34. The van der Waals surface area contributed by atoms with Gasteiger partial charge in [-0.1, -0.05) is 6.07 Å². The van der Waals surface area contributed by atoms with Crippen molar-refractivity contribution in [3.63, 3.8) is 0 Å². The van der Waals surface area contributed by atoms with Gasteiger partial charge in [0.05, 0.1) is 11.8 Å². The van der Waals surface area contributed by atoms with Crippen molar-refractivity contribution in [2.24, 2.45) is 0 Å². The summed E-state index contributed by atoms with van der Waals surface area (Å²) >= 11 is 0.948. The van der Waals surface area contributed by atoms with Crippen molar-refractivity contribution >= 4 is 38.3 Å². The molecule has 43 heavy (non-hydrogen) atoms. The number of fused-ring (bicyclic) bond motifs is 2. The van der Waals surface area contributed by atoms with E-state index < -0.39 is 12.6 Å². The number of nitriles is 2. The molecule has 2 N–H and O–H groups in total. The number of aromatic nitrogens is 3. The number of halogens is 3. The largest absolute Gasteiger partial charge is 0.393 e. The summed E-state index contributed by atoms with van der Waals surface area (Å²) in [6.45, 7) is 6.02. The number of likely N-dealkylation sites (N-methyl/N-ethyl adjacent to an activating group) is 1. The minimum absolute atomic E-state index is 0.0592. The summed E-state index contributed by atoms with van der Waals surface area (Å²) in [4.78, 5) is 11.3. The number of hydrazine groups is 1. The van der Waals surface area contributed by atoms with Crippen LogP contribution in [0, 0.1) is 29.6 Å². The first-order valence-electron chi connectivity index (χ1n) is 14.0. The molecule has 222 valence electrons. The molecule has 0 radical (unpaired) electrons. The number of rotatable bonds is 7. The Kier molecular flexibility index (Phi) is 7.73. The summed E-state index contributed by atoms with van der Waals surface area (Å²) in [5.74, 6) is 0.357. The molecule has 4 aromatic rings. The maximum atomic E-state index is 13.0. The third-order valence-corrected chi connectivity index (χ3v) is 9.14. The van der Waals surface area contributed by atoms with Crippen LogP contribution in [0.25, 0.3) is 21.1 Å². The van der Waals surface area contributed by atoms with Gasteiger partial charge in [0.2, 0.25) is 5.82 Å². The van der Waals surface area contributed by atoms with Crippen LogP contribution in [0.5, 0.6) is 0 Å². The number of hydrogen-bond donors (Lipinski definition) is 2. The number of benzene rings is 1. The minimum Gasteiger partial charge on any atom is -0.367 e. The minimum atomic E-state index is -4.32. The van der Waals surface area contributed by atoms with Gasteiger partial charge in [-0.3, -0.25) is 4.90 Å². The predicted molar refractivity (Wildman–Crippen MR) is 159 cm³/mol. The second-order valence-corrected chi connectivity index (χ2v) is 12.3. The first kappa shape index (κ1) is 28.9. The number of alkyl halides is 3. The summed E-state index contributed by atoms with van der Waals surface area (Å²) in [5.41, 5.74) is 8.47. The molecule has 3 aromatic heterocycles. The van der Waals surface area contributed by atoms with Crippen LogP contribution in [0.2, 0.25) is 0 Å². The molecule has 9 nitrogen and oxygen atoms in total. The lowest BCUT2D eigenvalue weighted by molar-refractivity contribution is -0.126. The second kappa shape index (κ2) is 11.5. The van der Waals surface area contributed by atoms with E-state index in [-0.39, 0.29) is 16.7 Å². The second-order valence-electron chi connectivity index (χ2n) is 11.2. The lowest BCUT2D eigenvalue weighted by Gasteiger charge is -2.33. The number of anilines is 1. The lowest BCUT2D eigenvalue weighted by atomic mass is 10.0. The quantitative estimate of drug-likeness (QED) is 0.296. The Labute approximate surface area is 250 Å². The van der Waals surface area contributed by atoms with E-state index in [1.165, 1.54) is 22.8 Å². The fraction of sp³-hybridized carbons (Fsp3) is 0.400. The van der Waals surface area contributed by atoms with E-state index in [0.717, 1.165) is 61.3 Å². The molecule has 0 unspecified atom stereocenters. The topological polar surface area (TPSA) is 109 Å². The molecule has 0 saturated carbocycles. The molecule has 2 aliphatic rings. The molecule has 0 aliphatic carbocycles. The summed E-state index contributed by atoms with van der Waals surface area (Å²) in [5, 5.41) is 26.2. The molecule has 0 amide bonds. The first-order valence-corrected chi connectivity index (χ1v) is 14.8. The van der Waals surface area contributed by atoms with Gasteiger partial charge >= 0.3 is 6.18 Å². The number of aryl methyl sites for hydroxylation is 1. The highest BCUT2D eigenvalue weighted by Gasteiger charge is 2.30. The smallest absolute Gasteiger partial charge is 0.367 e. The Morgan fingerprint density at radius 3 is 2.56 bits per heavy atom. The van der Waals surface area contributed by atoms with Crippen molar-refractivity contribution in [2.75, 3.05) is 32.0 Å². The Morgan fingerprint density at radius 2 is 1.88 bits per heavy atom. The molecule has 5 heterocycles. The van der Waals surface area contributed by atoms with Crippen molar-refractivity contribution < 1.29 is 13.2 Å². The van der Waals surface area contributed by atoms with Crippen LogP contribution in [0.1, 0.15) is 40.4 Å². The number of thiophene rings is 1. The maximum Gasteiger partial charge on any atom is 0.393 e. The number of piperidine rings is 1. The van der Waals surface area contributed by atoms with Crippen LogP contribution in [-0.2, 0) is 19.5 Å². The Hall–Kier alpha value is -4.17. The van der Waals surface area contributed by atoms with Gasteiger partial charge in [-0.15, -0.1) is 11.3 Å². The summed E-state index contributed by atoms with van der Waals surface area (Å²) in [7, 11) is 1.98. The zero-order valence-electron chi connectivity index (χ0n) is 23.8. The third kappa shape index (κ3) is 6.15. The average Bonchev–Trinajstić information content (AvgIpc) is 3.67. The Balaban J connectivity index is 1.13. The lowest BCUT2D eigenvalue weighted by Crippen LogP contribution is -2.39. The van der Waals surface area contributed by atoms with Gasteiger partial charge in [0, 0.05) is 67.8 Å². The molecule has 13 heteroatoms. The molecule has 0 spiro atoms. The van der Waals surface area contributed by atoms with Gasteiger partial charge in [-0.05, 0) is 54.7 Å². The van der Waals surface area contributed by atoms with Gasteiger partial charge in [0.1, 0.15) is 28.5 Å². The molecule has 1 fully saturated rings. The zero-order chi connectivity index (χ0) is 30.3. The molecule has 0 bridgehead atoms. The van der Waals surface area contributed by atoms with Crippen LogP contribution in [0.3, 0.4) is 0 Å². The summed E-state index contributed by atoms with van der Waals surface area (Å²) < 4.78 is 41.0. The van der Waals surface area contributed by atoms with E-state index in [4.69, 9.17) is 0 Å². The van der Waals surface area contributed by atoms with Gasteiger partial charge < -0.3 is 15.3 Å². The summed E-state index contributed by atoms with van der Waals surface area (Å²) in [6.07, 6.45) is -1.72. The van der Waals surface area contributed by atoms with Crippen LogP contribution >= 0.6 is 11.3 Å². The monoisotopic (exact) mass is 605 g/mol. The van der Waals surface area contributed by atoms with Gasteiger partial charge in [0.15, 0.2) is 0 Å². The number of hydrogen-bond acceptors (Lipinski definition) is 9. The van der Waals surface area contributed by atoms with Crippen molar-refractivity contribution in [3.05, 3.63) is 63.6 Å². The van der Waals surface area contributed by atoms with Crippen molar-refractivity contribution in [1.29, 1.82) is 10.5 Å². The van der Waals surface area contributed by atoms with Crippen molar-refractivity contribution in [1.82, 2.24) is 29.9 Å². The van der Waals surface area contributed by atoms with Crippen LogP contribution < -0.4 is 10.7 Å². The molecule has 1 saturated heterocycles. The molecule has 1 aromatic carbocycles. The zero-order valence-corrected chi connectivity index (χ0v) is 24.6. The Bertz CT molecular complexity index is 1800. The van der Waals surface area contributed by atoms with Gasteiger partial charge in [-0.25, -0.2) is 15.0 Å². The molecular weight excluding hydrogens is 575 g/mol. The van der Waals surface area contributed by atoms with Gasteiger partial charge in [-0.2, -0.15) is 23.7 Å². The maximum absolute atomic E-state index is 13.0. The van der Waals surface area contributed by atoms with E-state index in [2.05, 4.69) is 55.3 Å². The van der Waals surface area contributed by atoms with E-state index >= 15 is 0 Å². The van der Waals surface area contributed by atoms with Crippen LogP contribution in [0.15, 0.2) is 36.0 Å². The summed E-state index contributed by atoms with van der Waals surface area (Å²) in [6, 6.07) is 12.1. The van der Waals surface area contributed by atoms with E-state index in [0.29, 0.717) is 28.3 Å². The van der Waals surface area contributed by atoms with E-state index in [1.807, 2.05) is 30.4 Å². The van der Waals surface area contributed by atoms with Crippen molar-refractivity contribution in [2.45, 2.75) is 51.5 Å². The number of likely N-dealkylation sites (tertiary alicyclic amines) is 1. The average molecular weight is 606 g/mol. The SMILES string of the molecule is Cc1c(CN2CCC(Nc3nc(C#N)nc4sc(CC(F)(F)F)cc34)CC2)ccc2c1cc(C#N)n2CC1=CNN(C)C1. The highest BCUT2D eigenvalue weighted by molar-refractivity contribution is 7.18. The normalized spacial score (nSPS) is 16.8. The molecule has 0 atom stereocenters. The molecular formula is C30H30F3N9S. The van der Waals surface area contributed by atoms with E-state index in [1.54, 1.807) is 0 Å². The highest BCUT2D eigenvalue weighted by atomic mass is 32.1. The standard InChI is InChI=1S/C30H30F3N9S/c1-18-20(3-4-26-24(18)9-22(12-34)42(26)16-19-14-36-40(2)15-19)17-41-7-5-21(6-8-41)37-28-25-10-23(11-30(31,32)33)43-29(25)39-27(13-35)38-28/h3-4,9-10,14,21,36H,5-8,11,15-17H2,1-2H3,(H,37,38,39). The molecule has 2 aliphatic heterocycles. The van der Waals surface area contributed by atoms with E-state index in [9.17, 15) is 23.7 Å². The first-order chi connectivity index (χ1) is 20.6. The number of nitrogens with one attached hydrogen (secondary N) is 2. The fourth-order valence-electron chi connectivity index (χ4n) is 5.94. The van der Waals surface area contributed by atoms with Crippen LogP contribution in [-0.4, -0.2) is 63.3 Å². The Morgan fingerprint density at radius 1 is 1.09 bits per heavy atom.